The molecule has 0 saturated heterocycles. The predicted octanol–water partition coefficient (Wildman–Crippen LogP) is 3.60. The maximum atomic E-state index is 10.5. The van der Waals surface area contributed by atoms with Crippen LogP contribution in [-0.4, -0.2) is 50.0 Å². The molecule has 0 unspecified atom stereocenters. The summed E-state index contributed by atoms with van der Waals surface area (Å²) in [6.07, 6.45) is -0.573. The average Bonchev–Trinajstić information content (AvgIpc) is 2.66. The monoisotopic (exact) mass is 373 g/mol. The van der Waals surface area contributed by atoms with Crippen molar-refractivity contribution in [3.05, 3.63) is 54.1 Å². The standard InChI is InChI=1S/C22H31NO4/c1-17(2)13-23(14-18-6-5-7-22(12-18)26-4)15-19(24)16-27-21-10-8-20(25-3)9-11-21/h5-12,17,19,24H,13-16H2,1-4H3/t19-/m0/s1. The largest absolute Gasteiger partial charge is 0.497 e. The number of benzene rings is 2. The summed E-state index contributed by atoms with van der Waals surface area (Å²) in [4.78, 5) is 2.25. The van der Waals surface area contributed by atoms with Crippen LogP contribution in [0, 0.1) is 5.92 Å². The van der Waals surface area contributed by atoms with Crippen molar-refractivity contribution < 1.29 is 19.3 Å². The zero-order valence-corrected chi connectivity index (χ0v) is 16.7. The van der Waals surface area contributed by atoms with Gasteiger partial charge in [-0.15, -0.1) is 0 Å². The second-order valence-electron chi connectivity index (χ2n) is 7.08. The molecule has 0 radical (unpaired) electrons. The molecule has 0 bridgehead atoms. The van der Waals surface area contributed by atoms with Gasteiger partial charge in [0.15, 0.2) is 0 Å². The summed E-state index contributed by atoms with van der Waals surface area (Å²) in [6.45, 7) is 6.81. The van der Waals surface area contributed by atoms with Gasteiger partial charge in [-0.3, -0.25) is 4.90 Å². The Hall–Kier alpha value is -2.24. The number of aliphatic hydroxyl groups excluding tert-OH is 1. The molecule has 0 heterocycles. The maximum absolute atomic E-state index is 10.5. The highest BCUT2D eigenvalue weighted by atomic mass is 16.5. The zero-order valence-electron chi connectivity index (χ0n) is 16.7. The molecular weight excluding hydrogens is 342 g/mol. The van der Waals surface area contributed by atoms with Crippen molar-refractivity contribution in [3.8, 4) is 17.2 Å². The van der Waals surface area contributed by atoms with E-state index in [2.05, 4.69) is 24.8 Å². The smallest absolute Gasteiger partial charge is 0.119 e. The van der Waals surface area contributed by atoms with E-state index in [-0.39, 0.29) is 6.61 Å². The van der Waals surface area contributed by atoms with Crippen LogP contribution in [0.2, 0.25) is 0 Å². The third-order valence-electron chi connectivity index (χ3n) is 4.13. The van der Waals surface area contributed by atoms with Gasteiger partial charge < -0.3 is 19.3 Å². The SMILES string of the molecule is COc1ccc(OC[C@@H](O)CN(Cc2cccc(OC)c2)CC(C)C)cc1. The fraction of sp³-hybridized carbons (Fsp3) is 0.455. The second kappa shape index (κ2) is 10.8. The lowest BCUT2D eigenvalue weighted by Crippen LogP contribution is -2.37. The predicted molar refractivity (Wildman–Crippen MR) is 108 cm³/mol. The summed E-state index contributed by atoms with van der Waals surface area (Å²) in [7, 11) is 3.30. The molecule has 0 aliphatic heterocycles. The van der Waals surface area contributed by atoms with Crippen LogP contribution in [0.15, 0.2) is 48.5 Å². The molecule has 5 heteroatoms. The molecule has 2 aromatic carbocycles. The van der Waals surface area contributed by atoms with Crippen molar-refractivity contribution in [1.29, 1.82) is 0 Å². The van der Waals surface area contributed by atoms with Gasteiger partial charge in [-0.05, 0) is 47.9 Å². The van der Waals surface area contributed by atoms with E-state index >= 15 is 0 Å². The molecular formula is C22H31NO4. The van der Waals surface area contributed by atoms with Gasteiger partial charge >= 0.3 is 0 Å². The minimum atomic E-state index is -0.573. The molecule has 0 aliphatic rings. The summed E-state index contributed by atoms with van der Waals surface area (Å²) >= 11 is 0. The number of nitrogens with zero attached hydrogens (tertiary/aromatic N) is 1. The molecule has 5 nitrogen and oxygen atoms in total. The highest BCUT2D eigenvalue weighted by molar-refractivity contribution is 5.31. The minimum absolute atomic E-state index is 0.249. The highest BCUT2D eigenvalue weighted by Gasteiger charge is 2.15. The summed E-state index contributed by atoms with van der Waals surface area (Å²) in [5, 5.41) is 10.5. The van der Waals surface area contributed by atoms with Crippen LogP contribution in [0.1, 0.15) is 19.4 Å². The Labute approximate surface area is 162 Å². The van der Waals surface area contributed by atoms with E-state index in [1.807, 2.05) is 42.5 Å². The van der Waals surface area contributed by atoms with E-state index in [1.54, 1.807) is 14.2 Å². The Morgan fingerprint density at radius 2 is 1.56 bits per heavy atom. The van der Waals surface area contributed by atoms with Gasteiger partial charge in [-0.1, -0.05) is 26.0 Å². The lowest BCUT2D eigenvalue weighted by molar-refractivity contribution is 0.0614. The third-order valence-corrected chi connectivity index (χ3v) is 4.13. The van der Waals surface area contributed by atoms with Crippen LogP contribution >= 0.6 is 0 Å². The van der Waals surface area contributed by atoms with Gasteiger partial charge in [0.2, 0.25) is 0 Å². The molecule has 0 spiro atoms. The number of hydrogen-bond acceptors (Lipinski definition) is 5. The topological polar surface area (TPSA) is 51.2 Å². The van der Waals surface area contributed by atoms with Crippen LogP contribution in [-0.2, 0) is 6.54 Å². The molecule has 148 valence electrons. The molecule has 1 atom stereocenters. The normalized spacial score (nSPS) is 12.3. The summed E-state index contributed by atoms with van der Waals surface area (Å²) in [6, 6.07) is 15.4. The van der Waals surface area contributed by atoms with Crippen molar-refractivity contribution in [1.82, 2.24) is 4.90 Å². The number of aliphatic hydroxyl groups is 1. The Morgan fingerprint density at radius 3 is 2.19 bits per heavy atom. The van der Waals surface area contributed by atoms with Gasteiger partial charge in [-0.2, -0.15) is 0 Å². The molecule has 27 heavy (non-hydrogen) atoms. The van der Waals surface area contributed by atoms with Gasteiger partial charge in [0.1, 0.15) is 30.0 Å². The Morgan fingerprint density at radius 1 is 0.889 bits per heavy atom. The first-order chi connectivity index (χ1) is 13.0. The van der Waals surface area contributed by atoms with Crippen LogP contribution in [0.3, 0.4) is 0 Å². The number of rotatable bonds is 11. The number of hydrogen-bond donors (Lipinski definition) is 1. The van der Waals surface area contributed by atoms with Crippen LogP contribution in [0.5, 0.6) is 17.2 Å². The minimum Gasteiger partial charge on any atom is -0.497 e. The van der Waals surface area contributed by atoms with E-state index in [9.17, 15) is 5.11 Å². The molecule has 0 saturated carbocycles. The van der Waals surface area contributed by atoms with Gasteiger partial charge in [0.25, 0.3) is 0 Å². The number of methoxy groups -OCH3 is 2. The molecule has 0 fully saturated rings. The van der Waals surface area contributed by atoms with E-state index < -0.39 is 6.10 Å². The Kier molecular flexibility index (Phi) is 8.43. The van der Waals surface area contributed by atoms with Gasteiger partial charge in [-0.25, -0.2) is 0 Å². The van der Waals surface area contributed by atoms with Crippen molar-refractivity contribution in [2.45, 2.75) is 26.5 Å². The first kappa shape index (κ1) is 21.1. The summed E-state index contributed by atoms with van der Waals surface area (Å²) in [5.74, 6) is 2.85. The zero-order chi connectivity index (χ0) is 19.6. The van der Waals surface area contributed by atoms with E-state index in [1.165, 1.54) is 5.56 Å². The maximum Gasteiger partial charge on any atom is 0.119 e. The molecule has 2 rings (SSSR count). The van der Waals surface area contributed by atoms with E-state index in [0.717, 1.165) is 30.3 Å². The molecule has 2 aromatic rings. The van der Waals surface area contributed by atoms with Crippen molar-refractivity contribution >= 4 is 0 Å². The lowest BCUT2D eigenvalue weighted by Gasteiger charge is -2.27. The van der Waals surface area contributed by atoms with Crippen LogP contribution in [0.4, 0.5) is 0 Å². The Balaban J connectivity index is 1.90. The molecule has 0 aliphatic carbocycles. The van der Waals surface area contributed by atoms with Crippen molar-refractivity contribution in [2.75, 3.05) is 33.9 Å². The fourth-order valence-electron chi connectivity index (χ4n) is 2.96. The summed E-state index contributed by atoms with van der Waals surface area (Å²) in [5.41, 5.74) is 1.17. The van der Waals surface area contributed by atoms with Gasteiger partial charge in [0, 0.05) is 19.6 Å². The molecule has 0 aromatic heterocycles. The van der Waals surface area contributed by atoms with E-state index in [0.29, 0.717) is 12.5 Å². The van der Waals surface area contributed by atoms with Crippen LogP contribution < -0.4 is 14.2 Å². The second-order valence-corrected chi connectivity index (χ2v) is 7.08. The number of ether oxygens (including phenoxy) is 3. The average molecular weight is 373 g/mol. The van der Waals surface area contributed by atoms with Crippen LogP contribution in [0.25, 0.3) is 0 Å². The van der Waals surface area contributed by atoms with Crippen molar-refractivity contribution in [2.24, 2.45) is 5.92 Å². The molecule has 0 amide bonds. The first-order valence-corrected chi connectivity index (χ1v) is 9.30. The third kappa shape index (κ3) is 7.49. The highest BCUT2D eigenvalue weighted by Crippen LogP contribution is 2.18. The van der Waals surface area contributed by atoms with E-state index in [4.69, 9.17) is 14.2 Å². The van der Waals surface area contributed by atoms with Gasteiger partial charge in [0.05, 0.1) is 14.2 Å². The lowest BCUT2D eigenvalue weighted by atomic mass is 10.1. The molecule has 1 N–H and O–H groups in total. The Bertz CT molecular complexity index is 672. The fourth-order valence-corrected chi connectivity index (χ4v) is 2.96. The summed E-state index contributed by atoms with van der Waals surface area (Å²) < 4.78 is 16.2. The van der Waals surface area contributed by atoms with Crippen molar-refractivity contribution in [3.63, 3.8) is 0 Å². The first-order valence-electron chi connectivity index (χ1n) is 9.30. The quantitative estimate of drug-likeness (QED) is 0.652.